The number of hydrogen-bond donors (Lipinski definition) is 1. The molecule has 0 amide bonds. The second-order valence-corrected chi connectivity index (χ2v) is 4.55. The second-order valence-electron chi connectivity index (χ2n) is 3.02. The second kappa shape index (κ2) is 5.18. The first-order chi connectivity index (χ1) is 7.86. The normalized spacial score (nSPS) is 11.5. The quantitative estimate of drug-likeness (QED) is 0.873. The van der Waals surface area contributed by atoms with Crippen LogP contribution in [0.2, 0.25) is 0 Å². The molecule has 0 saturated carbocycles. The maximum absolute atomic E-state index is 11.8. The summed E-state index contributed by atoms with van der Waals surface area (Å²) in [6.07, 6.45) is 0. The summed E-state index contributed by atoms with van der Waals surface area (Å²) in [5.41, 5.74) is -0.241. The smallest absolute Gasteiger partial charge is 0.318 e. The maximum atomic E-state index is 11.8. The third-order valence-corrected chi connectivity index (χ3v) is 2.85. The molecule has 5 nitrogen and oxygen atoms in total. The first-order valence-corrected chi connectivity index (χ1v) is 5.85. The zero-order valence-electron chi connectivity index (χ0n) is 8.43. The summed E-state index contributed by atoms with van der Waals surface area (Å²) in [6, 6.07) is 5.35. The van der Waals surface area contributed by atoms with Crippen LogP contribution in [0.15, 0.2) is 23.1 Å². The molecule has 0 unspecified atom stereocenters. The lowest BCUT2D eigenvalue weighted by molar-refractivity contribution is -0.137. The fourth-order valence-electron chi connectivity index (χ4n) is 1.21. The molecule has 17 heavy (non-hydrogen) atoms. The summed E-state index contributed by atoms with van der Waals surface area (Å²) in [7, 11) is -4.07. The average Bonchev–Trinajstić information content (AvgIpc) is 2.24. The Morgan fingerprint density at radius 1 is 1.47 bits per heavy atom. The molecule has 0 radical (unpaired) electrons. The van der Waals surface area contributed by atoms with Crippen LogP contribution in [0.25, 0.3) is 0 Å². The van der Waals surface area contributed by atoms with E-state index < -0.39 is 28.1 Å². The van der Waals surface area contributed by atoms with Gasteiger partial charge < -0.3 is 4.74 Å². The predicted molar refractivity (Wildman–Crippen MR) is 53.3 cm³/mol. The highest BCUT2D eigenvalue weighted by atomic mass is 32.2. The Kier molecular flexibility index (Phi) is 4.11. The van der Waals surface area contributed by atoms with Gasteiger partial charge in [0.1, 0.15) is 6.07 Å². The van der Waals surface area contributed by atoms with Crippen LogP contribution in [-0.2, 0) is 21.4 Å². The van der Waals surface area contributed by atoms with Crippen molar-refractivity contribution in [2.24, 2.45) is 5.14 Å². The highest BCUT2D eigenvalue weighted by molar-refractivity contribution is 7.89. The van der Waals surface area contributed by atoms with Gasteiger partial charge in [0.15, 0.2) is 0 Å². The van der Waals surface area contributed by atoms with Crippen molar-refractivity contribution in [1.29, 1.82) is 5.26 Å². The molecule has 0 saturated heterocycles. The highest BCUT2D eigenvalue weighted by Gasteiger charge is 2.17. The zero-order valence-corrected chi connectivity index (χ0v) is 9.25. The number of nitrogens with two attached hydrogens (primary N) is 1. The monoisotopic (exact) mass is 262 g/mol. The number of nitrogens with zero attached hydrogens (tertiary/aromatic N) is 1. The lowest BCUT2D eigenvalue weighted by Gasteiger charge is -2.08. The number of benzene rings is 1. The van der Waals surface area contributed by atoms with Gasteiger partial charge in [-0.25, -0.2) is 13.6 Å². The number of primary sulfonamides is 1. The van der Waals surface area contributed by atoms with Gasteiger partial charge in [-0.2, -0.15) is 14.0 Å². The third kappa shape index (κ3) is 3.45. The Morgan fingerprint density at radius 3 is 2.59 bits per heavy atom. The Morgan fingerprint density at radius 2 is 2.12 bits per heavy atom. The van der Waals surface area contributed by atoms with E-state index in [9.17, 15) is 17.2 Å². The fourth-order valence-corrected chi connectivity index (χ4v) is 1.94. The van der Waals surface area contributed by atoms with Gasteiger partial charge in [-0.1, -0.05) is 12.1 Å². The lowest BCUT2D eigenvalue weighted by atomic mass is 10.1. The molecule has 0 heterocycles. The summed E-state index contributed by atoms with van der Waals surface area (Å²) in [6.45, 7) is -3.57. The third-order valence-electron chi connectivity index (χ3n) is 1.90. The van der Waals surface area contributed by atoms with Gasteiger partial charge in [0, 0.05) is 0 Å². The van der Waals surface area contributed by atoms with Crippen molar-refractivity contribution in [2.75, 3.05) is 0 Å². The molecule has 92 valence electrons. The topological polar surface area (TPSA) is 93.2 Å². The van der Waals surface area contributed by atoms with Gasteiger partial charge in [-0.3, -0.25) is 0 Å². The fraction of sp³-hybridized carbons (Fsp3) is 0.222. The number of nitriles is 1. The molecule has 0 spiro atoms. The van der Waals surface area contributed by atoms with Crippen LogP contribution >= 0.6 is 0 Å². The first kappa shape index (κ1) is 13.5. The standard InChI is InChI=1S/C9H8F2N2O3S/c10-9(11)16-5-6-2-1-3-8(7(6)4-12)17(13,14)15/h1-3,9H,5H2,(H2,13,14,15). The van der Waals surface area contributed by atoms with E-state index in [0.717, 1.165) is 6.07 Å². The lowest BCUT2D eigenvalue weighted by Crippen LogP contribution is -2.15. The van der Waals surface area contributed by atoms with Crippen LogP contribution in [0.4, 0.5) is 8.78 Å². The Hall–Kier alpha value is -1.56. The molecular weight excluding hydrogens is 254 g/mol. The molecule has 0 aromatic heterocycles. The molecule has 8 heteroatoms. The van der Waals surface area contributed by atoms with E-state index in [1.807, 2.05) is 0 Å². The van der Waals surface area contributed by atoms with Gasteiger partial charge in [-0.15, -0.1) is 0 Å². The van der Waals surface area contributed by atoms with E-state index in [0.29, 0.717) is 0 Å². The first-order valence-electron chi connectivity index (χ1n) is 4.31. The maximum Gasteiger partial charge on any atom is 0.345 e. The van der Waals surface area contributed by atoms with E-state index in [2.05, 4.69) is 4.74 Å². The Bertz CT molecular complexity index is 552. The SMILES string of the molecule is N#Cc1c(COC(F)F)cccc1S(N)(=O)=O. The van der Waals surface area contributed by atoms with Crippen molar-refractivity contribution in [2.45, 2.75) is 18.1 Å². The van der Waals surface area contributed by atoms with Crippen molar-refractivity contribution in [3.63, 3.8) is 0 Å². The molecule has 1 aromatic rings. The Labute approximate surface area is 96.5 Å². The minimum absolute atomic E-state index is 0.0410. The predicted octanol–water partition coefficient (Wildman–Crippen LogP) is 0.945. The minimum Gasteiger partial charge on any atom is -0.318 e. The van der Waals surface area contributed by atoms with E-state index >= 15 is 0 Å². The number of rotatable bonds is 4. The largest absolute Gasteiger partial charge is 0.345 e. The van der Waals surface area contributed by atoms with Crippen molar-refractivity contribution in [3.8, 4) is 6.07 Å². The zero-order chi connectivity index (χ0) is 13.1. The number of alkyl halides is 2. The number of sulfonamides is 1. The molecule has 1 aromatic carbocycles. The molecule has 1 rings (SSSR count). The van der Waals surface area contributed by atoms with Crippen LogP contribution in [0.1, 0.15) is 11.1 Å². The molecule has 0 aliphatic carbocycles. The van der Waals surface area contributed by atoms with Crippen LogP contribution in [0.3, 0.4) is 0 Å². The highest BCUT2D eigenvalue weighted by Crippen LogP contribution is 2.19. The Balaban J connectivity index is 3.21. The number of ether oxygens (including phenoxy) is 1. The van der Waals surface area contributed by atoms with E-state index in [-0.39, 0.29) is 11.1 Å². The van der Waals surface area contributed by atoms with Crippen LogP contribution in [0, 0.1) is 11.3 Å². The summed E-state index contributed by atoms with van der Waals surface area (Å²) in [4.78, 5) is -0.407. The summed E-state index contributed by atoms with van der Waals surface area (Å²) < 4.78 is 50.0. The van der Waals surface area contributed by atoms with Crippen LogP contribution in [-0.4, -0.2) is 15.0 Å². The van der Waals surface area contributed by atoms with Crippen molar-refractivity contribution >= 4 is 10.0 Å². The summed E-state index contributed by atoms with van der Waals surface area (Å²) >= 11 is 0. The van der Waals surface area contributed by atoms with Crippen molar-refractivity contribution < 1.29 is 21.9 Å². The molecular formula is C9H8F2N2O3S. The summed E-state index contributed by atoms with van der Waals surface area (Å²) in [5.74, 6) is 0. The molecule has 0 aliphatic heterocycles. The van der Waals surface area contributed by atoms with E-state index in [1.54, 1.807) is 6.07 Å². The van der Waals surface area contributed by atoms with Gasteiger partial charge >= 0.3 is 6.61 Å². The molecule has 0 fully saturated rings. The van der Waals surface area contributed by atoms with Gasteiger partial charge in [0.25, 0.3) is 0 Å². The van der Waals surface area contributed by atoms with Crippen LogP contribution < -0.4 is 5.14 Å². The van der Waals surface area contributed by atoms with Crippen LogP contribution in [0.5, 0.6) is 0 Å². The van der Waals surface area contributed by atoms with Gasteiger partial charge in [-0.05, 0) is 11.6 Å². The van der Waals surface area contributed by atoms with E-state index in [4.69, 9.17) is 10.4 Å². The van der Waals surface area contributed by atoms with Crippen molar-refractivity contribution in [1.82, 2.24) is 0 Å². The van der Waals surface area contributed by atoms with Crippen molar-refractivity contribution in [3.05, 3.63) is 29.3 Å². The molecule has 0 atom stereocenters. The number of hydrogen-bond acceptors (Lipinski definition) is 4. The van der Waals surface area contributed by atoms with Gasteiger partial charge in [0.05, 0.1) is 17.1 Å². The molecule has 0 bridgehead atoms. The average molecular weight is 262 g/mol. The minimum atomic E-state index is -4.07. The molecule has 2 N–H and O–H groups in total. The van der Waals surface area contributed by atoms with E-state index in [1.165, 1.54) is 12.1 Å². The molecule has 0 aliphatic rings. The number of halogens is 2. The van der Waals surface area contributed by atoms with Gasteiger partial charge in [0.2, 0.25) is 10.0 Å². The summed E-state index contributed by atoms with van der Waals surface area (Å²) in [5, 5.41) is 13.7.